The minimum Gasteiger partial charge on any atom is -0.341 e. The van der Waals surface area contributed by atoms with Gasteiger partial charge in [-0.15, -0.1) is 0 Å². The molecule has 3 aromatic rings. The quantitative estimate of drug-likeness (QED) is 0.767. The molecule has 0 unspecified atom stereocenters. The highest BCUT2D eigenvalue weighted by Gasteiger charge is 2.22. The molecule has 0 aromatic carbocycles. The summed E-state index contributed by atoms with van der Waals surface area (Å²) in [6.45, 7) is 5.23. The van der Waals surface area contributed by atoms with Crippen LogP contribution in [-0.2, 0) is 13.0 Å². The summed E-state index contributed by atoms with van der Waals surface area (Å²) in [7, 11) is 0. The Morgan fingerprint density at radius 3 is 2.65 bits per heavy atom. The monoisotopic (exact) mass is 348 g/mol. The third-order valence-electron chi connectivity index (χ3n) is 5.02. The van der Waals surface area contributed by atoms with E-state index >= 15 is 0 Å². The van der Waals surface area contributed by atoms with Crippen LogP contribution < -0.4 is 0 Å². The van der Waals surface area contributed by atoms with E-state index in [9.17, 15) is 0 Å². The van der Waals surface area contributed by atoms with Gasteiger partial charge < -0.3 is 4.98 Å². The van der Waals surface area contributed by atoms with Crippen molar-refractivity contribution in [2.75, 3.05) is 13.1 Å². The predicted molar refractivity (Wildman–Crippen MR) is 100 cm³/mol. The molecule has 1 fully saturated rings. The highest BCUT2D eigenvalue weighted by molar-refractivity contribution is 5.52. The summed E-state index contributed by atoms with van der Waals surface area (Å²) in [6, 6.07) is 4.16. The van der Waals surface area contributed by atoms with Gasteiger partial charge in [-0.25, -0.2) is 9.97 Å². The maximum absolute atomic E-state index is 4.60. The lowest BCUT2D eigenvalue weighted by atomic mass is 9.91. The molecule has 4 heterocycles. The molecule has 1 N–H and O–H groups in total. The van der Waals surface area contributed by atoms with Crippen LogP contribution in [0, 0.1) is 12.8 Å². The third-order valence-corrected chi connectivity index (χ3v) is 5.02. The molecule has 0 atom stereocenters. The number of piperidine rings is 1. The third kappa shape index (κ3) is 3.96. The molecule has 6 heteroatoms. The average Bonchev–Trinajstić information content (AvgIpc) is 3.11. The van der Waals surface area contributed by atoms with Crippen molar-refractivity contribution in [3.8, 4) is 11.5 Å². The van der Waals surface area contributed by atoms with Crippen molar-refractivity contribution < 1.29 is 0 Å². The summed E-state index contributed by atoms with van der Waals surface area (Å²) >= 11 is 0. The molecule has 0 bridgehead atoms. The zero-order valence-corrected chi connectivity index (χ0v) is 15.1. The fraction of sp³-hybridized carbons (Fsp3) is 0.400. The van der Waals surface area contributed by atoms with E-state index < -0.39 is 0 Å². The van der Waals surface area contributed by atoms with E-state index in [4.69, 9.17) is 0 Å². The van der Waals surface area contributed by atoms with E-state index in [0.717, 1.165) is 49.0 Å². The van der Waals surface area contributed by atoms with Gasteiger partial charge in [-0.1, -0.05) is 6.07 Å². The number of H-pyrrole nitrogens is 1. The highest BCUT2D eigenvalue weighted by Crippen LogP contribution is 2.25. The first-order valence-corrected chi connectivity index (χ1v) is 9.21. The molecule has 3 aromatic heterocycles. The number of nitrogens with zero attached hydrogens (tertiary/aromatic N) is 5. The topological polar surface area (TPSA) is 70.6 Å². The summed E-state index contributed by atoms with van der Waals surface area (Å²) in [5, 5.41) is 0. The zero-order chi connectivity index (χ0) is 17.8. The number of hydrogen-bond acceptors (Lipinski definition) is 5. The lowest BCUT2D eigenvalue weighted by molar-refractivity contribution is 0.176. The summed E-state index contributed by atoms with van der Waals surface area (Å²) in [6.07, 6.45) is 12.5. The number of aromatic amines is 1. The van der Waals surface area contributed by atoms with Gasteiger partial charge in [-0.05, 0) is 56.8 Å². The van der Waals surface area contributed by atoms with E-state index in [0.29, 0.717) is 5.92 Å². The molecule has 0 radical (unpaired) electrons. The van der Waals surface area contributed by atoms with Crippen molar-refractivity contribution in [2.24, 2.45) is 5.92 Å². The molecule has 0 saturated carbocycles. The smallest absolute Gasteiger partial charge is 0.158 e. The van der Waals surface area contributed by atoms with Crippen molar-refractivity contribution in [3.63, 3.8) is 0 Å². The Hall–Kier alpha value is -2.60. The van der Waals surface area contributed by atoms with E-state index in [1.165, 1.54) is 18.4 Å². The van der Waals surface area contributed by atoms with Crippen LogP contribution in [-0.4, -0.2) is 42.9 Å². The first-order valence-electron chi connectivity index (χ1n) is 9.21. The molecule has 0 amide bonds. The Balaban J connectivity index is 1.38. The standard InChI is InChI=1S/C20H24N6/c1-15-12-24-20(25-15)19-18(22-7-8-23-19)11-16-4-9-26(10-5-16)14-17-3-2-6-21-13-17/h2-3,6-8,12-13,16H,4-5,9-11,14H2,1H3,(H,24,25). The van der Waals surface area contributed by atoms with Gasteiger partial charge in [-0.3, -0.25) is 14.9 Å². The largest absolute Gasteiger partial charge is 0.341 e. The number of imidazole rings is 1. The Bertz CT molecular complexity index is 836. The first kappa shape index (κ1) is 16.8. The maximum Gasteiger partial charge on any atom is 0.158 e. The molecule has 26 heavy (non-hydrogen) atoms. The van der Waals surface area contributed by atoms with Crippen molar-refractivity contribution in [1.29, 1.82) is 0 Å². The minimum atomic E-state index is 0.645. The van der Waals surface area contributed by atoms with Crippen LogP contribution in [0.3, 0.4) is 0 Å². The first-order chi connectivity index (χ1) is 12.8. The van der Waals surface area contributed by atoms with Crippen LogP contribution in [0.15, 0.2) is 43.1 Å². The van der Waals surface area contributed by atoms with Crippen LogP contribution in [0.4, 0.5) is 0 Å². The second-order valence-corrected chi connectivity index (χ2v) is 7.05. The Morgan fingerprint density at radius 1 is 1.08 bits per heavy atom. The molecule has 1 aliphatic rings. The molecule has 6 nitrogen and oxygen atoms in total. The molecule has 0 spiro atoms. The van der Waals surface area contributed by atoms with Crippen molar-refractivity contribution in [1.82, 2.24) is 29.8 Å². The molecule has 1 aliphatic heterocycles. The molecular weight excluding hydrogens is 324 g/mol. The van der Waals surface area contributed by atoms with E-state index in [-0.39, 0.29) is 0 Å². The lowest BCUT2D eigenvalue weighted by Crippen LogP contribution is -2.34. The number of hydrogen-bond donors (Lipinski definition) is 1. The normalized spacial score (nSPS) is 16.0. The molecular formula is C20H24N6. The van der Waals surface area contributed by atoms with Crippen molar-refractivity contribution in [2.45, 2.75) is 32.7 Å². The Morgan fingerprint density at radius 2 is 1.92 bits per heavy atom. The van der Waals surface area contributed by atoms with Crippen LogP contribution >= 0.6 is 0 Å². The SMILES string of the molecule is Cc1cnc(-c2nccnc2CC2CCN(Cc3cccnc3)CC2)[nH]1. The van der Waals surface area contributed by atoms with Gasteiger partial charge in [0.15, 0.2) is 5.82 Å². The number of pyridine rings is 1. The summed E-state index contributed by atoms with van der Waals surface area (Å²) < 4.78 is 0. The number of likely N-dealkylation sites (tertiary alicyclic amines) is 1. The zero-order valence-electron chi connectivity index (χ0n) is 15.1. The minimum absolute atomic E-state index is 0.645. The van der Waals surface area contributed by atoms with E-state index in [1.807, 2.05) is 31.6 Å². The fourth-order valence-corrected chi connectivity index (χ4v) is 3.62. The summed E-state index contributed by atoms with van der Waals surface area (Å²) in [5.41, 5.74) is 4.27. The number of rotatable bonds is 5. The predicted octanol–water partition coefficient (Wildman–Crippen LogP) is 3.02. The van der Waals surface area contributed by atoms with Crippen molar-refractivity contribution >= 4 is 0 Å². The second-order valence-electron chi connectivity index (χ2n) is 7.05. The number of aromatic nitrogens is 5. The van der Waals surface area contributed by atoms with Crippen LogP contribution in [0.1, 0.15) is 29.8 Å². The molecule has 4 rings (SSSR count). The van der Waals surface area contributed by atoms with Crippen molar-refractivity contribution in [3.05, 3.63) is 60.1 Å². The van der Waals surface area contributed by atoms with Crippen LogP contribution in [0.25, 0.3) is 11.5 Å². The van der Waals surface area contributed by atoms with Gasteiger partial charge >= 0.3 is 0 Å². The van der Waals surface area contributed by atoms with Gasteiger partial charge in [0.05, 0.1) is 5.69 Å². The van der Waals surface area contributed by atoms with E-state index in [2.05, 4.69) is 35.9 Å². The van der Waals surface area contributed by atoms with Crippen LogP contribution in [0.2, 0.25) is 0 Å². The van der Waals surface area contributed by atoms with Gasteiger partial charge in [0.1, 0.15) is 5.69 Å². The number of aryl methyl sites for hydroxylation is 1. The highest BCUT2D eigenvalue weighted by atomic mass is 15.1. The Kier molecular flexibility index (Phi) is 5.02. The van der Waals surface area contributed by atoms with Gasteiger partial charge in [0.25, 0.3) is 0 Å². The van der Waals surface area contributed by atoms with Gasteiger partial charge in [0, 0.05) is 43.2 Å². The lowest BCUT2D eigenvalue weighted by Gasteiger charge is -2.31. The van der Waals surface area contributed by atoms with Crippen LogP contribution in [0.5, 0.6) is 0 Å². The summed E-state index contributed by atoms with van der Waals surface area (Å²) in [5.74, 6) is 1.46. The maximum atomic E-state index is 4.60. The van der Waals surface area contributed by atoms with Gasteiger partial charge in [-0.2, -0.15) is 0 Å². The fourth-order valence-electron chi connectivity index (χ4n) is 3.62. The average molecular weight is 348 g/mol. The Labute approximate surface area is 153 Å². The second kappa shape index (κ2) is 7.74. The number of nitrogens with one attached hydrogen (secondary N) is 1. The van der Waals surface area contributed by atoms with E-state index in [1.54, 1.807) is 12.4 Å². The molecule has 0 aliphatic carbocycles. The van der Waals surface area contributed by atoms with Gasteiger partial charge in [0.2, 0.25) is 0 Å². The molecule has 134 valence electrons. The summed E-state index contributed by atoms with van der Waals surface area (Å²) in [4.78, 5) is 23.6. The molecule has 1 saturated heterocycles.